The van der Waals surface area contributed by atoms with Gasteiger partial charge in [0.25, 0.3) is 0 Å². The third-order valence-electron chi connectivity index (χ3n) is 6.30. The molecule has 0 unspecified atom stereocenters. The molecule has 0 amide bonds. The SMILES string of the molecule is C=C(/C=C\C(C)=C/C)N/C(=C(\C)CC)c1sccc1NC(=C)c1ccc(C(=C)N(C)CCCC)cc1. The third kappa shape index (κ3) is 8.17. The Bertz CT molecular complexity index is 1140. The number of unbranched alkanes of at least 4 members (excludes halogenated alkanes) is 1. The zero-order chi connectivity index (χ0) is 26.7. The monoisotopic (exact) mass is 501 g/mol. The van der Waals surface area contributed by atoms with Gasteiger partial charge in [0.1, 0.15) is 0 Å². The van der Waals surface area contributed by atoms with Crippen LogP contribution >= 0.6 is 11.3 Å². The van der Waals surface area contributed by atoms with Crippen LogP contribution in [0.4, 0.5) is 5.69 Å². The summed E-state index contributed by atoms with van der Waals surface area (Å²) in [6.45, 7) is 24.5. The molecule has 0 aliphatic heterocycles. The molecule has 2 aromatic rings. The number of thiophene rings is 1. The van der Waals surface area contributed by atoms with Crippen LogP contribution in [0.3, 0.4) is 0 Å². The standard InChI is InChI=1S/C32H43N3S/c1-10-13-21-35(9)27(8)29-18-16-28(17-19-29)26(7)34-30-20-22-36-32(30)31(24(5)12-3)33-25(6)15-14-23(4)11-2/h11,14-20,22,33-34H,6-8,10,12-13,21H2,1-5,9H3/b15-14-,23-11-,31-24+. The predicted octanol–water partition coefficient (Wildman–Crippen LogP) is 9.30. The van der Waals surface area contributed by atoms with E-state index < -0.39 is 0 Å². The van der Waals surface area contributed by atoms with E-state index >= 15 is 0 Å². The van der Waals surface area contributed by atoms with Crippen LogP contribution in [0.1, 0.15) is 69.9 Å². The van der Waals surface area contributed by atoms with Crippen molar-refractivity contribution in [1.29, 1.82) is 0 Å². The van der Waals surface area contributed by atoms with Crippen LogP contribution in [0.25, 0.3) is 17.1 Å². The average Bonchev–Trinajstić information content (AvgIpc) is 3.35. The van der Waals surface area contributed by atoms with Crippen molar-refractivity contribution in [2.75, 3.05) is 18.9 Å². The molecular weight excluding hydrogens is 458 g/mol. The van der Waals surface area contributed by atoms with Crippen molar-refractivity contribution in [1.82, 2.24) is 10.2 Å². The second kappa shape index (κ2) is 14.4. The molecule has 2 rings (SSSR count). The molecule has 1 aromatic heterocycles. The Morgan fingerprint density at radius 1 is 1.00 bits per heavy atom. The van der Waals surface area contributed by atoms with E-state index in [1.807, 2.05) is 13.0 Å². The highest BCUT2D eigenvalue weighted by atomic mass is 32.1. The fourth-order valence-corrected chi connectivity index (χ4v) is 4.44. The molecule has 0 atom stereocenters. The molecule has 1 heterocycles. The van der Waals surface area contributed by atoms with E-state index in [-0.39, 0.29) is 0 Å². The summed E-state index contributed by atoms with van der Waals surface area (Å²) in [5.41, 5.74) is 9.56. The Morgan fingerprint density at radius 2 is 1.67 bits per heavy atom. The van der Waals surface area contributed by atoms with E-state index in [0.29, 0.717) is 0 Å². The highest BCUT2D eigenvalue weighted by Crippen LogP contribution is 2.34. The lowest BCUT2D eigenvalue weighted by atomic mass is 10.1. The van der Waals surface area contributed by atoms with Crippen LogP contribution in [0.15, 0.2) is 90.5 Å². The van der Waals surface area contributed by atoms with E-state index in [1.165, 1.54) is 24.0 Å². The third-order valence-corrected chi connectivity index (χ3v) is 7.23. The zero-order valence-electron chi connectivity index (χ0n) is 23.0. The molecule has 0 aliphatic carbocycles. The average molecular weight is 502 g/mol. The number of benzene rings is 1. The number of nitrogens with zero attached hydrogens (tertiary/aromatic N) is 1. The van der Waals surface area contributed by atoms with Gasteiger partial charge in [-0.05, 0) is 67.8 Å². The topological polar surface area (TPSA) is 27.3 Å². The number of nitrogens with one attached hydrogen (secondary N) is 2. The molecule has 192 valence electrons. The molecule has 36 heavy (non-hydrogen) atoms. The van der Waals surface area contributed by atoms with Crippen LogP contribution in [0.2, 0.25) is 0 Å². The second-order valence-corrected chi connectivity index (χ2v) is 10.0. The summed E-state index contributed by atoms with van der Waals surface area (Å²) in [6.07, 6.45) is 9.47. The molecule has 1 aromatic carbocycles. The van der Waals surface area contributed by atoms with Gasteiger partial charge in [-0.3, -0.25) is 0 Å². The molecule has 0 radical (unpaired) electrons. The van der Waals surface area contributed by atoms with E-state index in [2.05, 4.69) is 118 Å². The van der Waals surface area contributed by atoms with Gasteiger partial charge in [-0.15, -0.1) is 11.3 Å². The molecule has 0 saturated heterocycles. The van der Waals surface area contributed by atoms with Crippen molar-refractivity contribution in [3.63, 3.8) is 0 Å². The highest BCUT2D eigenvalue weighted by molar-refractivity contribution is 7.11. The van der Waals surface area contributed by atoms with Gasteiger partial charge in [-0.2, -0.15) is 0 Å². The fourth-order valence-electron chi connectivity index (χ4n) is 3.51. The molecule has 0 fully saturated rings. The molecule has 4 heteroatoms. The van der Waals surface area contributed by atoms with E-state index in [1.54, 1.807) is 11.3 Å². The van der Waals surface area contributed by atoms with Crippen LogP contribution < -0.4 is 10.6 Å². The quantitative estimate of drug-likeness (QED) is 0.253. The van der Waals surface area contributed by atoms with Crippen LogP contribution in [-0.2, 0) is 0 Å². The number of allylic oxidation sites excluding steroid dienone is 5. The second-order valence-electron chi connectivity index (χ2n) is 9.09. The first-order valence-electron chi connectivity index (χ1n) is 12.7. The first kappa shape index (κ1) is 29.0. The molecule has 0 saturated carbocycles. The van der Waals surface area contributed by atoms with Gasteiger partial charge < -0.3 is 15.5 Å². The minimum absolute atomic E-state index is 0.858. The van der Waals surface area contributed by atoms with Crippen molar-refractivity contribution in [3.05, 3.63) is 107 Å². The Morgan fingerprint density at radius 3 is 2.28 bits per heavy atom. The van der Waals surface area contributed by atoms with Crippen molar-refractivity contribution < 1.29 is 0 Å². The van der Waals surface area contributed by atoms with Crippen molar-refractivity contribution >= 4 is 34.1 Å². The molecule has 0 bridgehead atoms. The molecule has 3 nitrogen and oxygen atoms in total. The van der Waals surface area contributed by atoms with E-state index in [4.69, 9.17) is 0 Å². The van der Waals surface area contributed by atoms with Gasteiger partial charge in [-0.25, -0.2) is 0 Å². The summed E-state index contributed by atoms with van der Waals surface area (Å²) < 4.78 is 0. The number of anilines is 1. The number of hydrogen-bond acceptors (Lipinski definition) is 4. The minimum atomic E-state index is 0.858. The van der Waals surface area contributed by atoms with E-state index in [0.717, 1.165) is 57.4 Å². The summed E-state index contributed by atoms with van der Waals surface area (Å²) in [7, 11) is 2.11. The first-order valence-corrected chi connectivity index (χ1v) is 13.6. The van der Waals surface area contributed by atoms with Gasteiger partial charge in [0.05, 0.1) is 16.3 Å². The van der Waals surface area contributed by atoms with Gasteiger partial charge >= 0.3 is 0 Å². The largest absolute Gasteiger partial charge is 0.375 e. The van der Waals surface area contributed by atoms with Crippen LogP contribution in [0, 0.1) is 0 Å². The summed E-state index contributed by atoms with van der Waals surface area (Å²) in [5, 5.41) is 9.20. The van der Waals surface area contributed by atoms with Gasteiger partial charge in [0.2, 0.25) is 0 Å². The maximum absolute atomic E-state index is 4.32. The van der Waals surface area contributed by atoms with Gasteiger partial charge in [0, 0.05) is 30.7 Å². The van der Waals surface area contributed by atoms with Gasteiger partial charge in [-0.1, -0.05) is 82.0 Å². The predicted molar refractivity (Wildman–Crippen MR) is 164 cm³/mol. The minimum Gasteiger partial charge on any atom is -0.375 e. The maximum Gasteiger partial charge on any atom is 0.0739 e. The smallest absolute Gasteiger partial charge is 0.0739 e. The molecule has 0 spiro atoms. The Labute approximate surface area is 223 Å². The summed E-state index contributed by atoms with van der Waals surface area (Å²) >= 11 is 1.71. The number of hydrogen-bond donors (Lipinski definition) is 2. The summed E-state index contributed by atoms with van der Waals surface area (Å²) in [6, 6.07) is 10.6. The molecule has 2 N–H and O–H groups in total. The zero-order valence-corrected chi connectivity index (χ0v) is 23.8. The maximum atomic E-state index is 4.32. The van der Waals surface area contributed by atoms with Crippen LogP contribution in [-0.4, -0.2) is 18.5 Å². The van der Waals surface area contributed by atoms with Crippen molar-refractivity contribution in [2.24, 2.45) is 0 Å². The normalized spacial score (nSPS) is 12.3. The summed E-state index contributed by atoms with van der Waals surface area (Å²) in [5.74, 6) is 0. The molecule has 0 aliphatic rings. The lowest BCUT2D eigenvalue weighted by Crippen LogP contribution is -2.17. The fraction of sp³-hybridized carbons (Fsp3) is 0.312. The lowest BCUT2D eigenvalue weighted by molar-refractivity contribution is 0.463. The Balaban J connectivity index is 2.19. The van der Waals surface area contributed by atoms with E-state index in [9.17, 15) is 0 Å². The van der Waals surface area contributed by atoms with Crippen molar-refractivity contribution in [3.8, 4) is 0 Å². The number of rotatable bonds is 14. The van der Waals surface area contributed by atoms with Crippen molar-refractivity contribution in [2.45, 2.75) is 53.9 Å². The highest BCUT2D eigenvalue weighted by Gasteiger charge is 2.14. The summed E-state index contributed by atoms with van der Waals surface area (Å²) in [4.78, 5) is 3.37. The lowest BCUT2D eigenvalue weighted by Gasteiger charge is -2.22. The Hall–Kier alpha value is -3.24. The molecular formula is C32H43N3S. The van der Waals surface area contributed by atoms with Gasteiger partial charge in [0.15, 0.2) is 0 Å². The first-order chi connectivity index (χ1) is 17.2. The Kier molecular flexibility index (Phi) is 11.6. The van der Waals surface area contributed by atoms with Crippen LogP contribution in [0.5, 0.6) is 0 Å².